The van der Waals surface area contributed by atoms with Gasteiger partial charge in [0.25, 0.3) is 0 Å². The van der Waals surface area contributed by atoms with Crippen LogP contribution in [0.4, 0.5) is 4.39 Å². The molecule has 19 heavy (non-hydrogen) atoms. The van der Waals surface area contributed by atoms with Gasteiger partial charge in [-0.05, 0) is 37.1 Å². The van der Waals surface area contributed by atoms with Gasteiger partial charge in [-0.3, -0.25) is 9.00 Å². The number of carbonyl (C=O) groups is 1. The number of hydrogen-bond donors (Lipinski definition) is 1. The molecule has 1 aromatic rings. The minimum atomic E-state index is -1.40. The Hall–Kier alpha value is -1.23. The zero-order valence-corrected chi connectivity index (χ0v) is 11.5. The number of halogens is 1. The van der Waals surface area contributed by atoms with Gasteiger partial charge in [0.1, 0.15) is 11.6 Å². The van der Waals surface area contributed by atoms with E-state index in [0.717, 1.165) is 25.7 Å². The Labute approximate surface area is 115 Å². The average Bonchev–Trinajstić information content (AvgIpc) is 2.40. The van der Waals surface area contributed by atoms with Gasteiger partial charge in [-0.2, -0.15) is 0 Å². The molecular weight excluding hydrogens is 265 g/mol. The van der Waals surface area contributed by atoms with E-state index in [2.05, 4.69) is 5.32 Å². The summed E-state index contributed by atoms with van der Waals surface area (Å²) in [4.78, 5) is 12.3. The smallest absolute Gasteiger partial charge is 0.233 e. The number of rotatable bonds is 4. The average molecular weight is 283 g/mol. The van der Waals surface area contributed by atoms with Gasteiger partial charge in [-0.25, -0.2) is 4.39 Å². The predicted molar refractivity (Wildman–Crippen MR) is 72.7 cm³/mol. The zero-order valence-electron chi connectivity index (χ0n) is 10.7. The van der Waals surface area contributed by atoms with Crippen LogP contribution in [0.1, 0.15) is 32.1 Å². The van der Waals surface area contributed by atoms with Crippen molar-refractivity contribution in [2.24, 2.45) is 0 Å². The van der Waals surface area contributed by atoms with Crippen molar-refractivity contribution >= 4 is 16.7 Å². The van der Waals surface area contributed by atoms with Gasteiger partial charge >= 0.3 is 0 Å². The van der Waals surface area contributed by atoms with E-state index in [1.54, 1.807) is 0 Å². The van der Waals surface area contributed by atoms with E-state index in [-0.39, 0.29) is 23.5 Å². The fourth-order valence-electron chi connectivity index (χ4n) is 2.31. The largest absolute Gasteiger partial charge is 0.353 e. The molecule has 0 bridgehead atoms. The third kappa shape index (κ3) is 4.42. The third-order valence-electron chi connectivity index (χ3n) is 3.31. The maximum atomic E-state index is 12.7. The molecule has 1 aromatic carbocycles. The second-order valence-electron chi connectivity index (χ2n) is 4.85. The maximum Gasteiger partial charge on any atom is 0.233 e. The molecule has 1 amide bonds. The zero-order chi connectivity index (χ0) is 13.7. The Balaban J connectivity index is 1.84. The summed E-state index contributed by atoms with van der Waals surface area (Å²) in [5.41, 5.74) is 0. The van der Waals surface area contributed by atoms with Gasteiger partial charge in [-0.1, -0.05) is 19.3 Å². The molecule has 1 aliphatic carbocycles. The summed E-state index contributed by atoms with van der Waals surface area (Å²) in [7, 11) is -1.40. The van der Waals surface area contributed by atoms with E-state index < -0.39 is 10.8 Å². The molecule has 1 atom stereocenters. The lowest BCUT2D eigenvalue weighted by Crippen LogP contribution is -2.38. The van der Waals surface area contributed by atoms with Gasteiger partial charge in [0.15, 0.2) is 0 Å². The van der Waals surface area contributed by atoms with E-state index in [1.807, 2.05) is 0 Å². The molecule has 0 saturated heterocycles. The van der Waals surface area contributed by atoms with Crippen molar-refractivity contribution in [3.63, 3.8) is 0 Å². The topological polar surface area (TPSA) is 46.2 Å². The lowest BCUT2D eigenvalue weighted by atomic mass is 9.95. The summed E-state index contributed by atoms with van der Waals surface area (Å²) in [6, 6.07) is 5.66. The van der Waals surface area contributed by atoms with Crippen LogP contribution in [0, 0.1) is 5.82 Å². The fraction of sp³-hybridized carbons (Fsp3) is 0.500. The van der Waals surface area contributed by atoms with Crippen LogP contribution in [0.2, 0.25) is 0 Å². The quantitative estimate of drug-likeness (QED) is 0.922. The first-order valence-corrected chi connectivity index (χ1v) is 7.90. The van der Waals surface area contributed by atoms with Crippen LogP contribution in [-0.2, 0) is 15.6 Å². The van der Waals surface area contributed by atoms with Crippen molar-refractivity contribution in [2.45, 2.75) is 43.0 Å². The van der Waals surface area contributed by atoms with Crippen LogP contribution in [0.5, 0.6) is 0 Å². The van der Waals surface area contributed by atoms with Crippen LogP contribution in [-0.4, -0.2) is 21.9 Å². The molecule has 1 unspecified atom stereocenters. The highest BCUT2D eigenvalue weighted by Crippen LogP contribution is 2.17. The highest BCUT2D eigenvalue weighted by molar-refractivity contribution is 7.85. The molecular formula is C14H18FNO2S. The minimum absolute atomic E-state index is 0.0534. The Kier molecular flexibility index (Phi) is 5.07. The summed E-state index contributed by atoms with van der Waals surface area (Å²) in [5.74, 6) is -0.607. The molecule has 3 nitrogen and oxygen atoms in total. The lowest BCUT2D eigenvalue weighted by molar-refractivity contribution is -0.119. The summed E-state index contributed by atoms with van der Waals surface area (Å²) >= 11 is 0. The predicted octanol–water partition coefficient (Wildman–Crippen LogP) is 2.38. The first kappa shape index (κ1) is 14.2. The minimum Gasteiger partial charge on any atom is -0.353 e. The molecule has 1 fully saturated rings. The molecule has 0 aromatic heterocycles. The van der Waals surface area contributed by atoms with Crippen molar-refractivity contribution in [2.75, 3.05) is 5.75 Å². The number of hydrogen-bond acceptors (Lipinski definition) is 2. The standard InChI is InChI=1S/C14H18FNO2S/c15-11-6-8-13(9-7-11)19(18)10-14(17)16-12-4-2-1-3-5-12/h6-9,12H,1-5,10H2,(H,16,17). The monoisotopic (exact) mass is 283 g/mol. The first-order valence-electron chi connectivity index (χ1n) is 6.58. The van der Waals surface area contributed by atoms with Crippen molar-refractivity contribution in [1.29, 1.82) is 0 Å². The van der Waals surface area contributed by atoms with E-state index in [9.17, 15) is 13.4 Å². The van der Waals surface area contributed by atoms with E-state index in [4.69, 9.17) is 0 Å². The number of benzene rings is 1. The summed E-state index contributed by atoms with van der Waals surface area (Å²) < 4.78 is 24.7. The number of carbonyl (C=O) groups excluding carboxylic acids is 1. The summed E-state index contributed by atoms with van der Waals surface area (Å²) in [5, 5.41) is 2.92. The molecule has 0 radical (unpaired) electrons. The molecule has 1 N–H and O–H groups in total. The molecule has 1 aliphatic rings. The van der Waals surface area contributed by atoms with Gasteiger partial charge < -0.3 is 5.32 Å². The van der Waals surface area contributed by atoms with Crippen LogP contribution >= 0.6 is 0 Å². The van der Waals surface area contributed by atoms with E-state index in [0.29, 0.717) is 4.90 Å². The third-order valence-corrected chi connectivity index (χ3v) is 4.63. The molecule has 0 aliphatic heterocycles. The van der Waals surface area contributed by atoms with Gasteiger partial charge in [0.2, 0.25) is 5.91 Å². The van der Waals surface area contributed by atoms with Crippen LogP contribution < -0.4 is 5.32 Å². The molecule has 2 rings (SSSR count). The Morgan fingerprint density at radius 3 is 2.47 bits per heavy atom. The summed E-state index contributed by atoms with van der Waals surface area (Å²) in [6.07, 6.45) is 5.54. The van der Waals surface area contributed by atoms with Crippen LogP contribution in [0.3, 0.4) is 0 Å². The van der Waals surface area contributed by atoms with Crippen molar-refractivity contribution in [3.05, 3.63) is 30.1 Å². The van der Waals surface area contributed by atoms with Crippen LogP contribution in [0.25, 0.3) is 0 Å². The van der Waals surface area contributed by atoms with Crippen molar-refractivity contribution in [3.8, 4) is 0 Å². The summed E-state index contributed by atoms with van der Waals surface area (Å²) in [6.45, 7) is 0. The number of nitrogens with one attached hydrogen (secondary N) is 1. The SMILES string of the molecule is O=C(CS(=O)c1ccc(F)cc1)NC1CCCCC1. The lowest BCUT2D eigenvalue weighted by Gasteiger charge is -2.22. The van der Waals surface area contributed by atoms with Crippen LogP contribution in [0.15, 0.2) is 29.2 Å². The Bertz CT molecular complexity index is 455. The fourth-order valence-corrected chi connectivity index (χ4v) is 3.23. The highest BCUT2D eigenvalue weighted by atomic mass is 32.2. The second-order valence-corrected chi connectivity index (χ2v) is 6.30. The molecule has 104 valence electrons. The molecule has 1 saturated carbocycles. The van der Waals surface area contributed by atoms with Gasteiger partial charge in [0.05, 0.1) is 10.8 Å². The maximum absolute atomic E-state index is 12.7. The van der Waals surface area contributed by atoms with Gasteiger partial charge in [-0.15, -0.1) is 0 Å². The number of amides is 1. The normalized spacial score (nSPS) is 17.9. The van der Waals surface area contributed by atoms with Gasteiger partial charge in [0, 0.05) is 10.9 Å². The highest BCUT2D eigenvalue weighted by Gasteiger charge is 2.17. The van der Waals surface area contributed by atoms with Crippen molar-refractivity contribution in [1.82, 2.24) is 5.32 Å². The van der Waals surface area contributed by atoms with E-state index >= 15 is 0 Å². The molecule has 0 spiro atoms. The van der Waals surface area contributed by atoms with E-state index in [1.165, 1.54) is 30.7 Å². The molecule has 0 heterocycles. The Morgan fingerprint density at radius 2 is 1.84 bits per heavy atom. The molecule has 5 heteroatoms. The second kappa shape index (κ2) is 6.80. The van der Waals surface area contributed by atoms with Crippen molar-refractivity contribution < 1.29 is 13.4 Å². The first-order chi connectivity index (χ1) is 9.15. The Morgan fingerprint density at radius 1 is 1.21 bits per heavy atom.